The normalized spacial score (nSPS) is 10.8. The largest absolute Gasteiger partial charge is 0.337 e. The molecule has 124 valence electrons. The lowest BCUT2D eigenvalue weighted by molar-refractivity contribution is 0.0773. The third kappa shape index (κ3) is 3.35. The van der Waals surface area contributed by atoms with E-state index in [1.807, 2.05) is 44.2 Å². The monoisotopic (exact) mass is 342 g/mol. The van der Waals surface area contributed by atoms with Crippen molar-refractivity contribution >= 4 is 17.2 Å². The van der Waals surface area contributed by atoms with Gasteiger partial charge in [0, 0.05) is 12.6 Å². The van der Waals surface area contributed by atoms with Gasteiger partial charge in [-0.1, -0.05) is 42.4 Å². The minimum Gasteiger partial charge on any atom is -0.337 e. The molecule has 0 bridgehead atoms. The SMILES string of the molecule is CCc1nc(C)c(C(=O)N(C)Cc2nc(-c3ccccc3)no2)s1. The van der Waals surface area contributed by atoms with Crippen LogP contribution in [0, 0.1) is 6.92 Å². The van der Waals surface area contributed by atoms with Crippen LogP contribution in [-0.4, -0.2) is 33.0 Å². The van der Waals surface area contributed by atoms with Gasteiger partial charge in [0.2, 0.25) is 11.7 Å². The van der Waals surface area contributed by atoms with Crippen molar-refractivity contribution < 1.29 is 9.32 Å². The van der Waals surface area contributed by atoms with Crippen LogP contribution in [0.15, 0.2) is 34.9 Å². The van der Waals surface area contributed by atoms with Crippen molar-refractivity contribution in [1.29, 1.82) is 0 Å². The van der Waals surface area contributed by atoms with Crippen LogP contribution >= 0.6 is 11.3 Å². The molecule has 3 aromatic rings. The van der Waals surface area contributed by atoms with E-state index >= 15 is 0 Å². The molecule has 0 aliphatic rings. The molecule has 0 saturated carbocycles. The van der Waals surface area contributed by atoms with E-state index < -0.39 is 0 Å². The third-order valence-electron chi connectivity index (χ3n) is 3.56. The maximum absolute atomic E-state index is 12.6. The summed E-state index contributed by atoms with van der Waals surface area (Å²) in [5.41, 5.74) is 1.65. The molecule has 0 atom stereocenters. The number of hydrogen-bond acceptors (Lipinski definition) is 6. The standard InChI is InChI=1S/C17H18N4O2S/c1-4-14-18-11(2)15(24-14)17(22)21(3)10-13-19-16(20-23-13)12-8-6-5-7-9-12/h5-9H,4,10H2,1-3H3. The number of thiazole rings is 1. The van der Waals surface area contributed by atoms with Crippen molar-refractivity contribution in [2.24, 2.45) is 0 Å². The highest BCUT2D eigenvalue weighted by Crippen LogP contribution is 2.21. The first-order chi connectivity index (χ1) is 11.6. The zero-order valence-electron chi connectivity index (χ0n) is 13.8. The molecule has 0 fully saturated rings. The highest BCUT2D eigenvalue weighted by atomic mass is 32.1. The number of rotatable bonds is 5. The number of carbonyl (C=O) groups is 1. The van der Waals surface area contributed by atoms with Crippen LogP contribution in [0.5, 0.6) is 0 Å². The van der Waals surface area contributed by atoms with E-state index in [0.29, 0.717) is 16.6 Å². The Kier molecular flexibility index (Phi) is 4.71. The first kappa shape index (κ1) is 16.3. The van der Waals surface area contributed by atoms with E-state index in [9.17, 15) is 4.79 Å². The average molecular weight is 342 g/mol. The topological polar surface area (TPSA) is 72.1 Å². The van der Waals surface area contributed by atoms with Crippen molar-refractivity contribution in [1.82, 2.24) is 20.0 Å². The van der Waals surface area contributed by atoms with Gasteiger partial charge in [0.1, 0.15) is 11.4 Å². The van der Waals surface area contributed by atoms with Crippen molar-refractivity contribution in [3.63, 3.8) is 0 Å². The van der Waals surface area contributed by atoms with Crippen LogP contribution in [0.1, 0.15) is 33.2 Å². The van der Waals surface area contributed by atoms with Gasteiger partial charge in [-0.2, -0.15) is 4.98 Å². The molecular formula is C17H18N4O2S. The van der Waals surface area contributed by atoms with Crippen LogP contribution in [0.3, 0.4) is 0 Å². The van der Waals surface area contributed by atoms with E-state index in [1.165, 1.54) is 11.3 Å². The third-order valence-corrected chi connectivity index (χ3v) is 4.85. The van der Waals surface area contributed by atoms with Gasteiger partial charge >= 0.3 is 0 Å². The van der Waals surface area contributed by atoms with Gasteiger partial charge in [0.05, 0.1) is 10.7 Å². The minimum atomic E-state index is -0.0795. The molecule has 1 amide bonds. The number of carbonyl (C=O) groups excluding carboxylic acids is 1. The Morgan fingerprint density at radius 3 is 2.67 bits per heavy atom. The van der Waals surface area contributed by atoms with E-state index in [0.717, 1.165) is 22.7 Å². The van der Waals surface area contributed by atoms with Crippen LogP contribution in [0.25, 0.3) is 11.4 Å². The molecular weight excluding hydrogens is 324 g/mol. The fourth-order valence-corrected chi connectivity index (χ4v) is 3.27. The van der Waals surface area contributed by atoms with Gasteiger partial charge < -0.3 is 9.42 Å². The van der Waals surface area contributed by atoms with E-state index in [-0.39, 0.29) is 12.5 Å². The Morgan fingerprint density at radius 2 is 2.00 bits per heavy atom. The molecule has 7 heteroatoms. The van der Waals surface area contributed by atoms with Gasteiger partial charge in [-0.25, -0.2) is 4.98 Å². The summed E-state index contributed by atoms with van der Waals surface area (Å²) in [5, 5.41) is 4.94. The second kappa shape index (κ2) is 6.92. The highest BCUT2D eigenvalue weighted by molar-refractivity contribution is 7.13. The van der Waals surface area contributed by atoms with Crippen molar-refractivity contribution in [3.8, 4) is 11.4 Å². The minimum absolute atomic E-state index is 0.0795. The van der Waals surface area contributed by atoms with Crippen LogP contribution in [-0.2, 0) is 13.0 Å². The van der Waals surface area contributed by atoms with Crippen molar-refractivity contribution in [3.05, 3.63) is 51.8 Å². The quantitative estimate of drug-likeness (QED) is 0.711. The molecule has 24 heavy (non-hydrogen) atoms. The molecule has 0 aliphatic heterocycles. The van der Waals surface area contributed by atoms with Gasteiger partial charge in [-0.3, -0.25) is 4.79 Å². The van der Waals surface area contributed by atoms with E-state index in [2.05, 4.69) is 15.1 Å². The maximum atomic E-state index is 12.6. The molecule has 3 rings (SSSR count). The Morgan fingerprint density at radius 1 is 1.25 bits per heavy atom. The fraction of sp³-hybridized carbons (Fsp3) is 0.294. The number of nitrogens with zero attached hydrogens (tertiary/aromatic N) is 4. The summed E-state index contributed by atoms with van der Waals surface area (Å²) in [6.45, 7) is 4.15. The van der Waals surface area contributed by atoms with Gasteiger partial charge in [-0.15, -0.1) is 11.3 Å². The molecule has 0 radical (unpaired) electrons. The Balaban J connectivity index is 1.73. The summed E-state index contributed by atoms with van der Waals surface area (Å²) in [4.78, 5) is 23.6. The fourth-order valence-electron chi connectivity index (χ4n) is 2.27. The molecule has 0 spiro atoms. The predicted molar refractivity (Wildman–Crippen MR) is 91.8 cm³/mol. The summed E-state index contributed by atoms with van der Waals surface area (Å²) in [6.07, 6.45) is 0.826. The summed E-state index contributed by atoms with van der Waals surface area (Å²) >= 11 is 1.44. The first-order valence-electron chi connectivity index (χ1n) is 7.68. The molecule has 0 saturated heterocycles. The number of hydrogen-bond donors (Lipinski definition) is 0. The summed E-state index contributed by atoms with van der Waals surface area (Å²) < 4.78 is 5.27. The molecule has 0 unspecified atom stereocenters. The number of amides is 1. The van der Waals surface area contributed by atoms with Gasteiger partial charge in [0.25, 0.3) is 5.91 Å². The Labute approximate surface area is 144 Å². The lowest BCUT2D eigenvalue weighted by Gasteiger charge is -2.13. The predicted octanol–water partition coefficient (Wildman–Crippen LogP) is 3.34. The van der Waals surface area contributed by atoms with E-state index in [4.69, 9.17) is 4.52 Å². The Hall–Kier alpha value is -2.54. The highest BCUT2D eigenvalue weighted by Gasteiger charge is 2.20. The molecule has 2 heterocycles. The lowest BCUT2D eigenvalue weighted by Crippen LogP contribution is -2.26. The van der Waals surface area contributed by atoms with Gasteiger partial charge in [-0.05, 0) is 13.3 Å². The summed E-state index contributed by atoms with van der Waals surface area (Å²) in [6, 6.07) is 9.59. The average Bonchev–Trinajstić information content (AvgIpc) is 3.21. The van der Waals surface area contributed by atoms with Crippen molar-refractivity contribution in [2.45, 2.75) is 26.8 Å². The zero-order chi connectivity index (χ0) is 17.1. The number of aryl methyl sites for hydroxylation is 2. The summed E-state index contributed by atoms with van der Waals surface area (Å²) in [5.74, 6) is 0.848. The molecule has 0 aliphatic carbocycles. The maximum Gasteiger partial charge on any atom is 0.266 e. The molecule has 6 nitrogen and oxygen atoms in total. The van der Waals surface area contributed by atoms with Crippen LogP contribution in [0.2, 0.25) is 0 Å². The molecule has 0 N–H and O–H groups in total. The molecule has 1 aromatic carbocycles. The van der Waals surface area contributed by atoms with Crippen molar-refractivity contribution in [2.75, 3.05) is 7.05 Å². The lowest BCUT2D eigenvalue weighted by atomic mass is 10.2. The second-order valence-corrected chi connectivity index (χ2v) is 6.50. The molecule has 2 aromatic heterocycles. The Bertz CT molecular complexity index is 841. The van der Waals surface area contributed by atoms with Crippen LogP contribution in [0.4, 0.5) is 0 Å². The first-order valence-corrected chi connectivity index (χ1v) is 8.50. The van der Waals surface area contributed by atoms with Crippen LogP contribution < -0.4 is 0 Å². The summed E-state index contributed by atoms with van der Waals surface area (Å²) in [7, 11) is 1.72. The number of benzene rings is 1. The second-order valence-electron chi connectivity index (χ2n) is 5.41. The van der Waals surface area contributed by atoms with E-state index in [1.54, 1.807) is 11.9 Å². The smallest absolute Gasteiger partial charge is 0.266 e. The zero-order valence-corrected chi connectivity index (χ0v) is 14.6. The van der Waals surface area contributed by atoms with Gasteiger partial charge in [0.15, 0.2) is 0 Å². The number of aromatic nitrogens is 3.